The Bertz CT molecular complexity index is 354. The number of esters is 1. The molecule has 6 heteroatoms. The molecule has 0 saturated carbocycles. The van der Waals surface area contributed by atoms with Gasteiger partial charge >= 0.3 is 5.97 Å². The second kappa shape index (κ2) is 5.53. The predicted molar refractivity (Wildman–Crippen MR) is 51.8 cm³/mol. The zero-order valence-corrected chi connectivity index (χ0v) is 8.63. The number of aromatic nitrogens is 1. The minimum Gasteiger partial charge on any atom is -0.469 e. The summed E-state index contributed by atoms with van der Waals surface area (Å²) in [6, 6.07) is 2.34. The molecule has 2 atom stereocenters. The lowest BCUT2D eigenvalue weighted by Gasteiger charge is -2.15. The van der Waals surface area contributed by atoms with Gasteiger partial charge in [-0.25, -0.2) is 4.39 Å². The molecular weight excluding hydrogens is 217 g/mol. The lowest BCUT2D eigenvalue weighted by atomic mass is 10.1. The molecule has 0 aromatic carbocycles. The van der Waals surface area contributed by atoms with Gasteiger partial charge in [0, 0.05) is 0 Å². The van der Waals surface area contributed by atoms with Gasteiger partial charge in [0.1, 0.15) is 11.9 Å². The third kappa shape index (κ3) is 3.25. The van der Waals surface area contributed by atoms with Gasteiger partial charge in [-0.3, -0.25) is 9.78 Å². The molecule has 0 radical (unpaired) electrons. The molecule has 1 heterocycles. The third-order valence-corrected chi connectivity index (χ3v) is 2.02. The molecular formula is C10H12FNO4. The highest BCUT2D eigenvalue weighted by Gasteiger charge is 2.22. The number of hydrogen-bond acceptors (Lipinski definition) is 5. The van der Waals surface area contributed by atoms with Gasteiger partial charge in [0.25, 0.3) is 0 Å². The minimum absolute atomic E-state index is 0.0952. The van der Waals surface area contributed by atoms with Crippen molar-refractivity contribution in [2.45, 2.75) is 18.6 Å². The second-order valence-electron chi connectivity index (χ2n) is 3.19. The van der Waals surface area contributed by atoms with Crippen LogP contribution >= 0.6 is 0 Å². The van der Waals surface area contributed by atoms with Gasteiger partial charge in [-0.15, -0.1) is 0 Å². The van der Waals surface area contributed by atoms with Crippen molar-refractivity contribution in [3.8, 4) is 0 Å². The van der Waals surface area contributed by atoms with Crippen molar-refractivity contribution >= 4 is 5.97 Å². The van der Waals surface area contributed by atoms with Crippen LogP contribution in [-0.2, 0) is 9.53 Å². The number of aliphatic hydroxyl groups is 2. The molecule has 0 bridgehead atoms. The maximum atomic E-state index is 12.5. The van der Waals surface area contributed by atoms with Crippen LogP contribution in [0.15, 0.2) is 18.3 Å². The molecule has 0 saturated heterocycles. The molecule has 0 spiro atoms. The first-order chi connectivity index (χ1) is 7.54. The number of carbonyl (C=O) groups excluding carboxylic acids is 1. The molecule has 1 aromatic rings. The van der Waals surface area contributed by atoms with Gasteiger partial charge in [0.05, 0.1) is 31.5 Å². The van der Waals surface area contributed by atoms with Crippen molar-refractivity contribution in [3.05, 3.63) is 29.8 Å². The number of methoxy groups -OCH3 is 1. The summed E-state index contributed by atoms with van der Waals surface area (Å²) in [5.41, 5.74) is 0.0952. The average molecular weight is 229 g/mol. The molecule has 0 aliphatic carbocycles. The topological polar surface area (TPSA) is 79.7 Å². The minimum atomic E-state index is -1.35. The number of ether oxygens (including phenoxy) is 1. The molecule has 88 valence electrons. The Hall–Kier alpha value is -1.53. The van der Waals surface area contributed by atoms with E-state index in [1.165, 1.54) is 13.2 Å². The van der Waals surface area contributed by atoms with Gasteiger partial charge in [0.2, 0.25) is 0 Å². The molecule has 1 aromatic heterocycles. The van der Waals surface area contributed by atoms with Crippen LogP contribution < -0.4 is 0 Å². The summed E-state index contributed by atoms with van der Waals surface area (Å²) in [6.45, 7) is 0. The highest BCUT2D eigenvalue weighted by atomic mass is 19.1. The lowest BCUT2D eigenvalue weighted by molar-refractivity contribution is -0.144. The number of hydrogen-bond donors (Lipinski definition) is 2. The first-order valence-corrected chi connectivity index (χ1v) is 4.59. The normalized spacial score (nSPS) is 14.2. The Balaban J connectivity index is 2.66. The predicted octanol–water partition coefficient (Wildman–Crippen LogP) is 0.178. The van der Waals surface area contributed by atoms with Crippen LogP contribution in [0.2, 0.25) is 0 Å². The Labute approximate surface area is 91.5 Å². The summed E-state index contributed by atoms with van der Waals surface area (Å²) >= 11 is 0. The third-order valence-electron chi connectivity index (χ3n) is 2.02. The maximum absolute atomic E-state index is 12.5. The van der Waals surface area contributed by atoms with E-state index in [9.17, 15) is 19.4 Å². The Kier molecular flexibility index (Phi) is 4.33. The van der Waals surface area contributed by atoms with E-state index >= 15 is 0 Å². The van der Waals surface area contributed by atoms with Crippen LogP contribution in [0.5, 0.6) is 0 Å². The fourth-order valence-corrected chi connectivity index (χ4v) is 1.13. The fraction of sp³-hybridized carbons (Fsp3) is 0.400. The van der Waals surface area contributed by atoms with Gasteiger partial charge in [-0.1, -0.05) is 0 Å². The van der Waals surface area contributed by atoms with E-state index in [1.54, 1.807) is 0 Å². The molecule has 2 unspecified atom stereocenters. The molecule has 0 aliphatic heterocycles. The molecule has 2 N–H and O–H groups in total. The van der Waals surface area contributed by atoms with E-state index in [1.807, 2.05) is 0 Å². The second-order valence-corrected chi connectivity index (χ2v) is 3.19. The van der Waals surface area contributed by atoms with Crippen LogP contribution in [0.4, 0.5) is 4.39 Å². The van der Waals surface area contributed by atoms with Crippen LogP contribution in [0.3, 0.4) is 0 Å². The summed E-state index contributed by atoms with van der Waals surface area (Å²) < 4.78 is 16.9. The number of nitrogens with zero attached hydrogens (tertiary/aromatic N) is 1. The SMILES string of the molecule is COC(=O)CC(O)C(O)c1ccc(F)cn1. The average Bonchev–Trinajstić information content (AvgIpc) is 2.28. The lowest BCUT2D eigenvalue weighted by Crippen LogP contribution is -2.23. The molecule has 5 nitrogen and oxygen atoms in total. The number of halogens is 1. The summed E-state index contributed by atoms with van der Waals surface area (Å²) in [5, 5.41) is 19.0. The highest BCUT2D eigenvalue weighted by Crippen LogP contribution is 2.17. The Morgan fingerprint density at radius 3 is 2.75 bits per heavy atom. The standard InChI is InChI=1S/C10H12FNO4/c1-16-9(14)4-8(13)10(15)7-3-2-6(11)5-12-7/h2-3,5,8,10,13,15H,4H2,1H3. The van der Waals surface area contributed by atoms with Gasteiger partial charge < -0.3 is 14.9 Å². The molecule has 0 aliphatic rings. The number of rotatable bonds is 4. The molecule has 0 amide bonds. The monoisotopic (exact) mass is 229 g/mol. The summed E-state index contributed by atoms with van der Waals surface area (Å²) in [5.74, 6) is -1.19. The molecule has 16 heavy (non-hydrogen) atoms. The number of pyridine rings is 1. The van der Waals surface area contributed by atoms with Crippen molar-refractivity contribution in [1.29, 1.82) is 0 Å². The van der Waals surface area contributed by atoms with Crippen LogP contribution in [0.1, 0.15) is 18.2 Å². The van der Waals surface area contributed by atoms with Crippen molar-refractivity contribution in [1.82, 2.24) is 4.98 Å². The smallest absolute Gasteiger partial charge is 0.308 e. The van der Waals surface area contributed by atoms with E-state index < -0.39 is 24.0 Å². The highest BCUT2D eigenvalue weighted by molar-refractivity contribution is 5.69. The zero-order chi connectivity index (χ0) is 12.1. The molecule has 1 rings (SSSR count). The van der Waals surface area contributed by atoms with E-state index in [-0.39, 0.29) is 12.1 Å². The summed E-state index contributed by atoms with van der Waals surface area (Å²) in [6.07, 6.45) is -2.11. The van der Waals surface area contributed by atoms with Gasteiger partial charge in [-0.2, -0.15) is 0 Å². The van der Waals surface area contributed by atoms with E-state index in [0.29, 0.717) is 0 Å². The largest absolute Gasteiger partial charge is 0.469 e. The van der Waals surface area contributed by atoms with Crippen LogP contribution in [0, 0.1) is 5.82 Å². The van der Waals surface area contributed by atoms with Gasteiger partial charge in [-0.05, 0) is 12.1 Å². The van der Waals surface area contributed by atoms with E-state index in [2.05, 4.69) is 9.72 Å². The number of carbonyl (C=O) groups is 1. The van der Waals surface area contributed by atoms with E-state index in [4.69, 9.17) is 0 Å². The van der Waals surface area contributed by atoms with Crippen LogP contribution in [-0.4, -0.2) is 34.4 Å². The number of aliphatic hydroxyl groups excluding tert-OH is 2. The summed E-state index contributed by atoms with van der Waals surface area (Å²) in [7, 11) is 1.18. The fourth-order valence-electron chi connectivity index (χ4n) is 1.13. The van der Waals surface area contributed by atoms with Crippen molar-refractivity contribution < 1.29 is 24.1 Å². The first-order valence-electron chi connectivity index (χ1n) is 4.59. The first kappa shape index (κ1) is 12.5. The summed E-state index contributed by atoms with van der Waals surface area (Å²) in [4.78, 5) is 14.4. The Morgan fingerprint density at radius 1 is 1.56 bits per heavy atom. The van der Waals surface area contributed by atoms with Crippen LogP contribution in [0.25, 0.3) is 0 Å². The van der Waals surface area contributed by atoms with Gasteiger partial charge in [0.15, 0.2) is 0 Å². The van der Waals surface area contributed by atoms with Crippen molar-refractivity contribution in [2.24, 2.45) is 0 Å². The zero-order valence-electron chi connectivity index (χ0n) is 8.63. The van der Waals surface area contributed by atoms with Crippen molar-refractivity contribution in [3.63, 3.8) is 0 Å². The maximum Gasteiger partial charge on any atom is 0.308 e. The van der Waals surface area contributed by atoms with Crippen molar-refractivity contribution in [2.75, 3.05) is 7.11 Å². The Morgan fingerprint density at radius 2 is 2.25 bits per heavy atom. The quantitative estimate of drug-likeness (QED) is 0.720. The van der Waals surface area contributed by atoms with E-state index in [0.717, 1.165) is 12.3 Å². The molecule has 0 fully saturated rings.